The number of hydrogen-bond donors (Lipinski definition) is 1. The van der Waals surface area contributed by atoms with E-state index in [1.807, 2.05) is 6.07 Å². The van der Waals surface area contributed by atoms with E-state index in [1.54, 1.807) is 7.11 Å². The molecule has 0 bridgehead atoms. The Morgan fingerprint density at radius 2 is 1.89 bits per heavy atom. The molecule has 2 nitrogen and oxygen atoms in total. The Hall–Kier alpha value is -0.540. The maximum absolute atomic E-state index is 5.24. The van der Waals surface area contributed by atoms with Crippen LogP contribution >= 0.6 is 17.0 Å². The first-order chi connectivity index (χ1) is 8.38. The van der Waals surface area contributed by atoms with Crippen molar-refractivity contribution in [3.8, 4) is 5.75 Å². The fourth-order valence-electron chi connectivity index (χ4n) is 2.53. The van der Waals surface area contributed by atoms with Gasteiger partial charge in [-0.25, -0.2) is 0 Å². The highest BCUT2D eigenvalue weighted by atomic mass is 79.9. The molecule has 102 valence electrons. The maximum atomic E-state index is 5.24. The molecule has 0 amide bonds. The van der Waals surface area contributed by atoms with Crippen molar-refractivity contribution < 1.29 is 4.74 Å². The predicted octanol–water partition coefficient (Wildman–Crippen LogP) is 4.09. The normalized spacial score (nSPS) is 16.7. The largest absolute Gasteiger partial charge is 0.497 e. The van der Waals surface area contributed by atoms with E-state index in [-0.39, 0.29) is 17.0 Å². The molecule has 1 N–H and O–H groups in total. The lowest BCUT2D eigenvalue weighted by Gasteiger charge is -2.16. The fourth-order valence-corrected chi connectivity index (χ4v) is 2.53. The summed E-state index contributed by atoms with van der Waals surface area (Å²) >= 11 is 0. The van der Waals surface area contributed by atoms with Gasteiger partial charge in [0.2, 0.25) is 0 Å². The minimum absolute atomic E-state index is 0. The Bertz CT molecular complexity index is 335. The first-order valence-corrected chi connectivity index (χ1v) is 6.75. The number of ether oxygens (including phenoxy) is 1. The highest BCUT2D eigenvalue weighted by Gasteiger charge is 2.11. The van der Waals surface area contributed by atoms with Crippen LogP contribution in [0.25, 0.3) is 0 Å². The lowest BCUT2D eigenvalue weighted by Crippen LogP contribution is -2.27. The smallest absolute Gasteiger partial charge is 0.119 e. The highest BCUT2D eigenvalue weighted by molar-refractivity contribution is 8.93. The van der Waals surface area contributed by atoms with Crippen LogP contribution in [0.15, 0.2) is 24.3 Å². The minimum atomic E-state index is 0. The second-order valence-electron chi connectivity index (χ2n) is 4.92. The second-order valence-corrected chi connectivity index (χ2v) is 4.92. The summed E-state index contributed by atoms with van der Waals surface area (Å²) in [6, 6.07) is 9.04. The first-order valence-electron chi connectivity index (χ1n) is 6.75. The molecule has 1 saturated carbocycles. The first kappa shape index (κ1) is 15.5. The van der Waals surface area contributed by atoms with Gasteiger partial charge in [0.15, 0.2) is 0 Å². The molecule has 2 rings (SSSR count). The molecule has 3 heteroatoms. The molecule has 1 aromatic carbocycles. The molecule has 0 aromatic heterocycles. The number of nitrogens with one attached hydrogen (secondary N) is 1. The molecule has 0 atom stereocenters. The van der Waals surface area contributed by atoms with E-state index < -0.39 is 0 Å². The number of benzene rings is 1. The van der Waals surface area contributed by atoms with Crippen LogP contribution in [-0.2, 0) is 6.54 Å². The van der Waals surface area contributed by atoms with Crippen molar-refractivity contribution in [3.05, 3.63) is 29.8 Å². The van der Waals surface area contributed by atoms with Crippen LogP contribution in [0.2, 0.25) is 0 Å². The van der Waals surface area contributed by atoms with E-state index in [4.69, 9.17) is 4.74 Å². The third-order valence-corrected chi connectivity index (χ3v) is 3.58. The van der Waals surface area contributed by atoms with E-state index >= 15 is 0 Å². The Morgan fingerprint density at radius 3 is 2.56 bits per heavy atom. The van der Waals surface area contributed by atoms with Gasteiger partial charge in [0, 0.05) is 12.6 Å². The van der Waals surface area contributed by atoms with Gasteiger partial charge < -0.3 is 10.1 Å². The minimum Gasteiger partial charge on any atom is -0.497 e. The van der Waals surface area contributed by atoms with E-state index in [0.29, 0.717) is 6.04 Å². The summed E-state index contributed by atoms with van der Waals surface area (Å²) in [6.07, 6.45) is 8.27. The van der Waals surface area contributed by atoms with Crippen LogP contribution < -0.4 is 10.1 Å². The molecule has 1 fully saturated rings. The standard InChI is InChI=1S/C15H23NO.BrH/c1-17-15-10-6-7-13(11-15)12-16-14-8-4-2-3-5-9-14;/h6-7,10-11,14,16H,2-5,8-9,12H2,1H3;1H. The van der Waals surface area contributed by atoms with E-state index in [0.717, 1.165) is 12.3 Å². The molecular weight excluding hydrogens is 290 g/mol. The summed E-state index contributed by atoms with van der Waals surface area (Å²) in [5.41, 5.74) is 1.31. The van der Waals surface area contributed by atoms with E-state index in [2.05, 4.69) is 23.5 Å². The molecule has 1 aromatic rings. The zero-order valence-electron chi connectivity index (χ0n) is 11.2. The van der Waals surface area contributed by atoms with Gasteiger partial charge in [0.05, 0.1) is 7.11 Å². The fraction of sp³-hybridized carbons (Fsp3) is 0.600. The Labute approximate surface area is 121 Å². The maximum Gasteiger partial charge on any atom is 0.119 e. The van der Waals surface area contributed by atoms with Crippen LogP contribution in [0, 0.1) is 0 Å². The highest BCUT2D eigenvalue weighted by Crippen LogP contribution is 2.18. The van der Waals surface area contributed by atoms with Gasteiger partial charge in [-0.05, 0) is 30.5 Å². The number of halogens is 1. The zero-order chi connectivity index (χ0) is 11.9. The van der Waals surface area contributed by atoms with Crippen molar-refractivity contribution in [1.82, 2.24) is 5.32 Å². The molecular formula is C15H24BrNO. The summed E-state index contributed by atoms with van der Waals surface area (Å²) in [6.45, 7) is 0.960. The quantitative estimate of drug-likeness (QED) is 0.845. The van der Waals surface area contributed by atoms with Crippen LogP contribution in [-0.4, -0.2) is 13.2 Å². The number of hydrogen-bond acceptors (Lipinski definition) is 2. The monoisotopic (exact) mass is 313 g/mol. The van der Waals surface area contributed by atoms with Gasteiger partial charge in [-0.15, -0.1) is 17.0 Å². The van der Waals surface area contributed by atoms with Crippen LogP contribution in [0.5, 0.6) is 5.75 Å². The van der Waals surface area contributed by atoms with Crippen LogP contribution in [0.3, 0.4) is 0 Å². The van der Waals surface area contributed by atoms with Crippen molar-refractivity contribution in [3.63, 3.8) is 0 Å². The van der Waals surface area contributed by atoms with Crippen molar-refractivity contribution >= 4 is 17.0 Å². The van der Waals surface area contributed by atoms with Crippen molar-refractivity contribution in [1.29, 1.82) is 0 Å². The van der Waals surface area contributed by atoms with E-state index in [1.165, 1.54) is 44.1 Å². The van der Waals surface area contributed by atoms with Crippen LogP contribution in [0.1, 0.15) is 44.1 Å². The summed E-state index contributed by atoms with van der Waals surface area (Å²) in [5, 5.41) is 3.67. The van der Waals surface area contributed by atoms with Crippen molar-refractivity contribution in [2.24, 2.45) is 0 Å². The van der Waals surface area contributed by atoms with Gasteiger partial charge in [-0.2, -0.15) is 0 Å². The SMILES string of the molecule is Br.COc1cccc(CNC2CCCCCC2)c1. The average Bonchev–Trinajstić information content (AvgIpc) is 2.65. The number of rotatable bonds is 4. The molecule has 1 aliphatic carbocycles. The molecule has 0 aliphatic heterocycles. The Morgan fingerprint density at radius 1 is 1.17 bits per heavy atom. The van der Waals surface area contributed by atoms with Crippen molar-refractivity contribution in [2.75, 3.05) is 7.11 Å². The lowest BCUT2D eigenvalue weighted by atomic mass is 10.1. The second kappa shape index (κ2) is 8.54. The molecule has 0 radical (unpaired) electrons. The van der Waals surface area contributed by atoms with Gasteiger partial charge in [-0.1, -0.05) is 37.8 Å². The average molecular weight is 314 g/mol. The molecule has 18 heavy (non-hydrogen) atoms. The van der Waals surface area contributed by atoms with Gasteiger partial charge in [-0.3, -0.25) is 0 Å². The van der Waals surface area contributed by atoms with E-state index in [9.17, 15) is 0 Å². The Balaban J connectivity index is 0.00000162. The van der Waals surface area contributed by atoms with Gasteiger partial charge >= 0.3 is 0 Å². The predicted molar refractivity (Wildman–Crippen MR) is 81.6 cm³/mol. The number of methoxy groups -OCH3 is 1. The topological polar surface area (TPSA) is 21.3 Å². The molecule has 1 aliphatic rings. The van der Waals surface area contributed by atoms with Gasteiger partial charge in [0.25, 0.3) is 0 Å². The summed E-state index contributed by atoms with van der Waals surface area (Å²) in [4.78, 5) is 0. The lowest BCUT2D eigenvalue weighted by molar-refractivity contribution is 0.413. The van der Waals surface area contributed by atoms with Gasteiger partial charge in [0.1, 0.15) is 5.75 Å². The van der Waals surface area contributed by atoms with Crippen LogP contribution in [0.4, 0.5) is 0 Å². The molecule has 0 saturated heterocycles. The third-order valence-electron chi connectivity index (χ3n) is 3.58. The zero-order valence-corrected chi connectivity index (χ0v) is 12.9. The summed E-state index contributed by atoms with van der Waals surface area (Å²) in [7, 11) is 1.72. The summed E-state index contributed by atoms with van der Waals surface area (Å²) < 4.78 is 5.24. The molecule has 0 heterocycles. The summed E-state index contributed by atoms with van der Waals surface area (Å²) in [5.74, 6) is 0.949. The molecule has 0 unspecified atom stereocenters. The Kier molecular flexibility index (Phi) is 7.36. The van der Waals surface area contributed by atoms with Crippen molar-refractivity contribution in [2.45, 2.75) is 51.1 Å². The molecule has 0 spiro atoms. The third kappa shape index (κ3) is 4.99.